The van der Waals surface area contributed by atoms with Crippen LogP contribution >= 0.6 is 0 Å². The third kappa shape index (κ3) is 3.78. The third-order valence-corrected chi connectivity index (χ3v) is 3.81. The average Bonchev–Trinajstić information content (AvgIpc) is 2.16. The van der Waals surface area contributed by atoms with Crippen molar-refractivity contribution in [3.05, 3.63) is 0 Å². The lowest BCUT2D eigenvalue weighted by molar-refractivity contribution is -0.144. The first-order valence-corrected chi connectivity index (χ1v) is 6.61. The Morgan fingerprint density at radius 1 is 1.25 bits per heavy atom. The Bertz CT molecular complexity index is 210. The fourth-order valence-electron chi connectivity index (χ4n) is 2.73. The summed E-state index contributed by atoms with van der Waals surface area (Å²) in [6, 6.07) is 0.172. The minimum absolute atomic E-state index is 0.301. The predicted octanol–water partition coefficient (Wildman–Crippen LogP) is 2.89. The van der Waals surface area contributed by atoms with Crippen LogP contribution in [0.4, 0.5) is 0 Å². The molecule has 1 saturated carbocycles. The summed E-state index contributed by atoms with van der Waals surface area (Å²) in [4.78, 5) is 13.2. The lowest BCUT2D eigenvalue weighted by Gasteiger charge is -2.33. The molecule has 0 amide bonds. The van der Waals surface area contributed by atoms with Crippen molar-refractivity contribution in [3.63, 3.8) is 0 Å². The Kier molecular flexibility index (Phi) is 5.81. The van der Waals surface area contributed by atoms with Crippen LogP contribution in [0.2, 0.25) is 0 Å². The summed E-state index contributed by atoms with van der Waals surface area (Å²) in [5.41, 5.74) is 0. The van der Waals surface area contributed by atoms with Gasteiger partial charge in [-0.2, -0.15) is 0 Å². The van der Waals surface area contributed by atoms with E-state index in [-0.39, 0.29) is 6.04 Å². The quantitative estimate of drug-likeness (QED) is 0.802. The SMILES string of the molecule is CCC(C(=O)O)N(C)C1CCCCCCC1. The molecule has 0 heterocycles. The molecule has 1 atom stereocenters. The van der Waals surface area contributed by atoms with Crippen molar-refractivity contribution in [2.24, 2.45) is 0 Å². The fourth-order valence-corrected chi connectivity index (χ4v) is 2.73. The lowest BCUT2D eigenvalue weighted by atomic mass is 9.94. The van der Waals surface area contributed by atoms with E-state index >= 15 is 0 Å². The second-order valence-electron chi connectivity index (χ2n) is 4.93. The summed E-state index contributed by atoms with van der Waals surface area (Å²) in [5, 5.41) is 9.16. The van der Waals surface area contributed by atoms with Gasteiger partial charge in [0.2, 0.25) is 0 Å². The molecule has 0 radical (unpaired) electrons. The maximum atomic E-state index is 11.1. The standard InChI is InChI=1S/C13H25NO2/c1-3-12(13(15)16)14(2)11-9-7-5-4-6-8-10-11/h11-12H,3-10H2,1-2H3,(H,15,16). The van der Waals surface area contributed by atoms with Crippen LogP contribution in [-0.4, -0.2) is 35.1 Å². The van der Waals surface area contributed by atoms with Gasteiger partial charge in [-0.15, -0.1) is 0 Å². The van der Waals surface area contributed by atoms with E-state index in [4.69, 9.17) is 5.11 Å². The molecule has 1 unspecified atom stereocenters. The van der Waals surface area contributed by atoms with Crippen LogP contribution in [0.1, 0.15) is 58.3 Å². The Morgan fingerprint density at radius 2 is 1.75 bits per heavy atom. The molecule has 16 heavy (non-hydrogen) atoms. The van der Waals surface area contributed by atoms with Gasteiger partial charge in [0.1, 0.15) is 6.04 Å². The fraction of sp³-hybridized carbons (Fsp3) is 0.923. The minimum Gasteiger partial charge on any atom is -0.480 e. The number of carbonyl (C=O) groups is 1. The second-order valence-corrected chi connectivity index (χ2v) is 4.93. The highest BCUT2D eigenvalue weighted by Crippen LogP contribution is 2.22. The number of rotatable bonds is 4. The lowest BCUT2D eigenvalue weighted by Crippen LogP contribution is -2.44. The monoisotopic (exact) mass is 227 g/mol. The van der Waals surface area contributed by atoms with Crippen molar-refractivity contribution in [1.82, 2.24) is 4.90 Å². The highest BCUT2D eigenvalue weighted by molar-refractivity contribution is 5.73. The van der Waals surface area contributed by atoms with Gasteiger partial charge >= 0.3 is 5.97 Å². The summed E-state index contributed by atoms with van der Waals surface area (Å²) in [5.74, 6) is -0.674. The number of hydrogen-bond donors (Lipinski definition) is 1. The molecule has 0 aliphatic heterocycles. The molecule has 0 aromatic heterocycles. The number of nitrogens with zero attached hydrogens (tertiary/aromatic N) is 1. The van der Waals surface area contributed by atoms with Crippen LogP contribution in [0.25, 0.3) is 0 Å². The Labute approximate surface area is 98.8 Å². The zero-order chi connectivity index (χ0) is 12.0. The molecule has 1 N–H and O–H groups in total. The molecule has 0 aromatic carbocycles. The first-order chi connectivity index (χ1) is 7.66. The number of carboxylic acid groups (broad SMARTS) is 1. The van der Waals surface area contributed by atoms with Gasteiger partial charge in [0.05, 0.1) is 0 Å². The molecule has 0 aromatic rings. The highest BCUT2D eigenvalue weighted by Gasteiger charge is 2.26. The second kappa shape index (κ2) is 6.89. The number of likely N-dealkylation sites (N-methyl/N-ethyl adjacent to an activating group) is 1. The van der Waals surface area contributed by atoms with Crippen molar-refractivity contribution in [1.29, 1.82) is 0 Å². The van der Waals surface area contributed by atoms with E-state index in [1.807, 2.05) is 14.0 Å². The Balaban J connectivity index is 2.54. The average molecular weight is 227 g/mol. The summed E-state index contributed by atoms with van der Waals surface area (Å²) in [7, 11) is 1.98. The zero-order valence-corrected chi connectivity index (χ0v) is 10.6. The van der Waals surface area contributed by atoms with Crippen LogP contribution < -0.4 is 0 Å². The molecule has 0 bridgehead atoms. The molecular weight excluding hydrogens is 202 g/mol. The molecule has 1 rings (SSSR count). The van der Waals surface area contributed by atoms with Crippen LogP contribution in [0, 0.1) is 0 Å². The van der Waals surface area contributed by atoms with Crippen LogP contribution in [0.15, 0.2) is 0 Å². The van der Waals surface area contributed by atoms with Gasteiger partial charge in [-0.05, 0) is 26.3 Å². The number of carboxylic acids is 1. The van der Waals surface area contributed by atoms with E-state index in [1.165, 1.54) is 44.9 Å². The van der Waals surface area contributed by atoms with Gasteiger partial charge < -0.3 is 5.11 Å². The van der Waals surface area contributed by atoms with E-state index in [9.17, 15) is 4.79 Å². The van der Waals surface area contributed by atoms with Gasteiger partial charge in [-0.25, -0.2) is 0 Å². The molecule has 1 aliphatic rings. The van der Waals surface area contributed by atoms with Gasteiger partial charge in [0.15, 0.2) is 0 Å². The third-order valence-electron chi connectivity index (χ3n) is 3.81. The molecule has 1 aliphatic carbocycles. The summed E-state index contributed by atoms with van der Waals surface area (Å²) in [6.45, 7) is 1.96. The van der Waals surface area contributed by atoms with Crippen molar-refractivity contribution < 1.29 is 9.90 Å². The smallest absolute Gasteiger partial charge is 0.320 e. The summed E-state index contributed by atoms with van der Waals surface area (Å²) >= 11 is 0. The number of aliphatic carboxylic acids is 1. The van der Waals surface area contributed by atoms with E-state index in [0.717, 1.165) is 0 Å². The normalized spacial score (nSPS) is 21.4. The molecular formula is C13H25NO2. The maximum Gasteiger partial charge on any atom is 0.320 e. The van der Waals surface area contributed by atoms with Gasteiger partial charge in [0.25, 0.3) is 0 Å². The van der Waals surface area contributed by atoms with Crippen molar-refractivity contribution in [3.8, 4) is 0 Å². The van der Waals surface area contributed by atoms with E-state index in [1.54, 1.807) is 0 Å². The summed E-state index contributed by atoms with van der Waals surface area (Å²) < 4.78 is 0. The van der Waals surface area contributed by atoms with Crippen molar-refractivity contribution in [2.45, 2.75) is 70.4 Å². The highest BCUT2D eigenvalue weighted by atomic mass is 16.4. The number of hydrogen-bond acceptors (Lipinski definition) is 2. The molecule has 3 nitrogen and oxygen atoms in total. The van der Waals surface area contributed by atoms with Crippen LogP contribution in [-0.2, 0) is 4.79 Å². The Hall–Kier alpha value is -0.570. The van der Waals surface area contributed by atoms with Gasteiger partial charge in [0, 0.05) is 6.04 Å². The predicted molar refractivity (Wildman–Crippen MR) is 65.6 cm³/mol. The Morgan fingerprint density at radius 3 is 2.19 bits per heavy atom. The van der Waals surface area contributed by atoms with E-state index < -0.39 is 5.97 Å². The van der Waals surface area contributed by atoms with Crippen LogP contribution in [0.3, 0.4) is 0 Å². The molecule has 0 spiro atoms. The summed E-state index contributed by atoms with van der Waals surface area (Å²) in [6.07, 6.45) is 9.52. The van der Waals surface area contributed by atoms with Crippen molar-refractivity contribution in [2.75, 3.05) is 7.05 Å². The van der Waals surface area contributed by atoms with E-state index in [0.29, 0.717) is 12.5 Å². The topological polar surface area (TPSA) is 40.5 Å². The molecule has 0 saturated heterocycles. The van der Waals surface area contributed by atoms with Gasteiger partial charge in [-0.3, -0.25) is 9.69 Å². The first kappa shape index (κ1) is 13.5. The largest absolute Gasteiger partial charge is 0.480 e. The van der Waals surface area contributed by atoms with Crippen molar-refractivity contribution >= 4 is 5.97 Å². The first-order valence-electron chi connectivity index (χ1n) is 6.61. The van der Waals surface area contributed by atoms with E-state index in [2.05, 4.69) is 4.90 Å². The maximum absolute atomic E-state index is 11.1. The zero-order valence-electron chi connectivity index (χ0n) is 10.6. The molecule has 3 heteroatoms. The minimum atomic E-state index is -0.674. The van der Waals surface area contributed by atoms with Gasteiger partial charge in [-0.1, -0.05) is 39.0 Å². The molecule has 94 valence electrons. The molecule has 1 fully saturated rings. The van der Waals surface area contributed by atoms with Crippen LogP contribution in [0.5, 0.6) is 0 Å².